The Morgan fingerprint density at radius 3 is 2.32 bits per heavy atom. The summed E-state index contributed by atoms with van der Waals surface area (Å²) in [6.07, 6.45) is 0.0205. The smallest absolute Gasteiger partial charge is 0.256 e. The normalized spacial score (nSPS) is 19.7. The van der Waals surface area contributed by atoms with E-state index in [9.17, 15) is 9.59 Å². The molecule has 2 fully saturated rings. The molecule has 7 nitrogen and oxygen atoms in total. The van der Waals surface area contributed by atoms with Crippen LogP contribution in [-0.2, 0) is 9.59 Å². The van der Waals surface area contributed by atoms with Crippen molar-refractivity contribution in [2.24, 2.45) is 0 Å². The van der Waals surface area contributed by atoms with Crippen LogP contribution < -0.4 is 10.2 Å². The lowest BCUT2D eigenvalue weighted by Crippen LogP contribution is -2.48. The van der Waals surface area contributed by atoms with E-state index in [1.807, 2.05) is 36.1 Å². The first kappa shape index (κ1) is 24.6. The highest BCUT2D eigenvalue weighted by Crippen LogP contribution is 2.28. The Kier molecular flexibility index (Phi) is 7.83. The molecular weight excluding hydrogens is 470 g/mol. The van der Waals surface area contributed by atoms with E-state index in [4.69, 9.17) is 23.8 Å². The number of likely N-dealkylation sites (N-methyl/N-ethyl adjacent to an activating group) is 1. The van der Waals surface area contributed by atoms with E-state index in [0.29, 0.717) is 22.4 Å². The van der Waals surface area contributed by atoms with Gasteiger partial charge in [0, 0.05) is 50.0 Å². The number of rotatable bonds is 7. The summed E-state index contributed by atoms with van der Waals surface area (Å²) >= 11 is 11.7. The maximum absolute atomic E-state index is 13.5. The van der Waals surface area contributed by atoms with Gasteiger partial charge in [0.15, 0.2) is 5.11 Å². The molecule has 34 heavy (non-hydrogen) atoms. The van der Waals surface area contributed by atoms with Crippen molar-refractivity contribution in [1.29, 1.82) is 0 Å². The zero-order valence-electron chi connectivity index (χ0n) is 19.5. The molecule has 2 aliphatic rings. The largest absolute Gasteiger partial charge is 0.335 e. The Hall–Kier alpha value is -2.52. The van der Waals surface area contributed by atoms with Crippen molar-refractivity contribution < 1.29 is 9.59 Å². The number of carbonyl (C=O) groups is 2. The molecule has 2 aliphatic heterocycles. The summed E-state index contributed by atoms with van der Waals surface area (Å²) < 4.78 is 0. The second-order valence-electron chi connectivity index (χ2n) is 8.91. The number of carbonyl (C=O) groups excluding carboxylic acids is 2. The zero-order valence-corrected chi connectivity index (χ0v) is 21.1. The van der Waals surface area contributed by atoms with Crippen LogP contribution in [0.5, 0.6) is 0 Å². The highest BCUT2D eigenvalue weighted by molar-refractivity contribution is 7.80. The number of benzene rings is 2. The average Bonchev–Trinajstić information content (AvgIpc) is 3.04. The standard InChI is InChI=1S/C25H30ClN5O2S/c1-18-3-9-21(10-4-18)31-24(33)22(17-23(32)27-20-7-5-19(26)6-8-20)30(25(31)34)16-15-29-13-11-28(2)12-14-29/h3-10,22H,11-17H2,1-2H3,(H,27,32)/t22-/m0/s1. The Morgan fingerprint density at radius 2 is 1.68 bits per heavy atom. The second-order valence-corrected chi connectivity index (χ2v) is 9.71. The third-order valence-corrected chi connectivity index (χ3v) is 7.04. The monoisotopic (exact) mass is 499 g/mol. The number of nitrogens with zero attached hydrogens (tertiary/aromatic N) is 4. The Balaban J connectivity index is 1.50. The topological polar surface area (TPSA) is 59.1 Å². The Morgan fingerprint density at radius 1 is 1.03 bits per heavy atom. The van der Waals surface area contributed by atoms with Gasteiger partial charge >= 0.3 is 0 Å². The number of thiocarbonyl (C=S) groups is 1. The predicted molar refractivity (Wildman–Crippen MR) is 140 cm³/mol. The molecule has 9 heteroatoms. The fourth-order valence-corrected chi connectivity index (χ4v) is 4.80. The molecule has 0 radical (unpaired) electrons. The number of anilines is 2. The lowest BCUT2D eigenvalue weighted by atomic mass is 10.1. The molecule has 0 unspecified atom stereocenters. The molecule has 2 saturated heterocycles. The van der Waals surface area contributed by atoms with E-state index in [-0.39, 0.29) is 18.2 Å². The van der Waals surface area contributed by atoms with E-state index in [1.54, 1.807) is 29.2 Å². The van der Waals surface area contributed by atoms with Crippen molar-refractivity contribution in [2.75, 3.05) is 56.5 Å². The molecule has 0 saturated carbocycles. The van der Waals surface area contributed by atoms with Crippen molar-refractivity contribution in [3.63, 3.8) is 0 Å². The van der Waals surface area contributed by atoms with Crippen LogP contribution >= 0.6 is 23.8 Å². The molecule has 2 amide bonds. The van der Waals surface area contributed by atoms with Crippen molar-refractivity contribution in [2.45, 2.75) is 19.4 Å². The van der Waals surface area contributed by atoms with Crippen molar-refractivity contribution >= 4 is 52.1 Å². The molecule has 1 N–H and O–H groups in total. The first-order valence-corrected chi connectivity index (χ1v) is 12.3. The number of amides is 2. The summed E-state index contributed by atoms with van der Waals surface area (Å²) in [4.78, 5) is 34.6. The summed E-state index contributed by atoms with van der Waals surface area (Å²) in [5.74, 6) is -0.405. The third kappa shape index (κ3) is 5.75. The minimum Gasteiger partial charge on any atom is -0.335 e. The number of halogens is 1. The molecule has 0 aromatic heterocycles. The van der Waals surface area contributed by atoms with Crippen LogP contribution in [0.25, 0.3) is 0 Å². The lowest BCUT2D eigenvalue weighted by Gasteiger charge is -2.34. The minimum atomic E-state index is -0.645. The number of hydrogen-bond acceptors (Lipinski definition) is 5. The molecule has 0 aliphatic carbocycles. The van der Waals surface area contributed by atoms with Gasteiger partial charge in [-0.15, -0.1) is 0 Å². The number of hydrogen-bond donors (Lipinski definition) is 1. The average molecular weight is 500 g/mol. The Bertz CT molecular complexity index is 1040. The van der Waals surface area contributed by atoms with Crippen LogP contribution in [0.3, 0.4) is 0 Å². The first-order valence-electron chi connectivity index (χ1n) is 11.5. The van der Waals surface area contributed by atoms with Crippen LogP contribution in [0.2, 0.25) is 5.02 Å². The molecule has 2 heterocycles. The van der Waals surface area contributed by atoms with E-state index in [2.05, 4.69) is 22.2 Å². The van der Waals surface area contributed by atoms with E-state index in [0.717, 1.165) is 44.0 Å². The fraction of sp³-hybridized carbons (Fsp3) is 0.400. The number of piperazine rings is 1. The molecule has 180 valence electrons. The second kappa shape index (κ2) is 10.8. The highest BCUT2D eigenvalue weighted by atomic mass is 35.5. The SMILES string of the molecule is Cc1ccc(N2C(=O)[C@H](CC(=O)Nc3ccc(Cl)cc3)N(CCN3CCN(C)CC3)C2=S)cc1. The van der Waals surface area contributed by atoms with Gasteiger partial charge in [-0.1, -0.05) is 29.3 Å². The van der Waals surface area contributed by atoms with E-state index in [1.165, 1.54) is 0 Å². The molecule has 0 spiro atoms. The maximum atomic E-state index is 13.5. The molecule has 2 aromatic carbocycles. The summed E-state index contributed by atoms with van der Waals surface area (Å²) in [5.41, 5.74) is 2.47. The predicted octanol–water partition coefficient (Wildman–Crippen LogP) is 3.23. The van der Waals surface area contributed by atoms with Crippen LogP contribution in [0.1, 0.15) is 12.0 Å². The van der Waals surface area contributed by atoms with Gasteiger partial charge in [0.1, 0.15) is 6.04 Å². The quantitative estimate of drug-likeness (QED) is 0.590. The van der Waals surface area contributed by atoms with E-state index < -0.39 is 6.04 Å². The molecule has 0 bridgehead atoms. The first-order chi connectivity index (χ1) is 16.3. The zero-order chi connectivity index (χ0) is 24.2. The summed E-state index contributed by atoms with van der Waals surface area (Å²) in [5, 5.41) is 3.92. The van der Waals surface area contributed by atoms with Gasteiger partial charge in [-0.05, 0) is 62.6 Å². The van der Waals surface area contributed by atoms with Crippen LogP contribution in [-0.4, -0.2) is 84.0 Å². The van der Waals surface area contributed by atoms with Gasteiger partial charge in [0.2, 0.25) is 5.91 Å². The molecular formula is C25H30ClN5O2S. The molecule has 1 atom stereocenters. The van der Waals surface area contributed by atoms with Gasteiger partial charge in [0.25, 0.3) is 5.91 Å². The van der Waals surface area contributed by atoms with Gasteiger partial charge in [-0.2, -0.15) is 0 Å². The number of aryl methyl sites for hydroxylation is 1. The summed E-state index contributed by atoms with van der Waals surface area (Å²) in [7, 11) is 2.13. The van der Waals surface area contributed by atoms with E-state index >= 15 is 0 Å². The maximum Gasteiger partial charge on any atom is 0.256 e. The van der Waals surface area contributed by atoms with Gasteiger partial charge in [0.05, 0.1) is 12.1 Å². The van der Waals surface area contributed by atoms with Crippen molar-refractivity contribution in [3.8, 4) is 0 Å². The third-order valence-electron chi connectivity index (χ3n) is 6.37. The van der Waals surface area contributed by atoms with Crippen LogP contribution in [0, 0.1) is 6.92 Å². The van der Waals surface area contributed by atoms with Crippen molar-refractivity contribution in [1.82, 2.24) is 14.7 Å². The fourth-order valence-electron chi connectivity index (χ4n) is 4.26. The van der Waals surface area contributed by atoms with Gasteiger partial charge in [-0.25, -0.2) is 0 Å². The molecule has 2 aromatic rings. The van der Waals surface area contributed by atoms with Crippen LogP contribution in [0.15, 0.2) is 48.5 Å². The van der Waals surface area contributed by atoms with Crippen molar-refractivity contribution in [3.05, 3.63) is 59.1 Å². The summed E-state index contributed by atoms with van der Waals surface area (Å²) in [6.45, 7) is 7.38. The molecule has 4 rings (SSSR count). The summed E-state index contributed by atoms with van der Waals surface area (Å²) in [6, 6.07) is 14.0. The Labute approximate surface area is 211 Å². The minimum absolute atomic E-state index is 0.0205. The number of nitrogens with one attached hydrogen (secondary N) is 1. The lowest BCUT2D eigenvalue weighted by molar-refractivity contribution is -0.124. The highest BCUT2D eigenvalue weighted by Gasteiger charge is 2.44. The van der Waals surface area contributed by atoms with Gasteiger partial charge < -0.3 is 15.1 Å². The van der Waals surface area contributed by atoms with Gasteiger partial charge in [-0.3, -0.25) is 19.4 Å². The van der Waals surface area contributed by atoms with Crippen LogP contribution in [0.4, 0.5) is 11.4 Å².